The molecule has 2 rings (SSSR count). The van der Waals surface area contributed by atoms with Gasteiger partial charge in [-0.05, 0) is 13.8 Å². The lowest BCUT2D eigenvalue weighted by Crippen LogP contribution is -2.48. The van der Waals surface area contributed by atoms with Crippen LogP contribution in [0.4, 0.5) is 0 Å². The number of thiazole rings is 1. The number of nitrogens with zero attached hydrogens (tertiary/aromatic N) is 3. The molecule has 122 valence electrons. The van der Waals surface area contributed by atoms with Crippen molar-refractivity contribution in [3.63, 3.8) is 0 Å². The fraction of sp³-hybridized carbons (Fsp3) is 0.667. The normalized spacial score (nSPS) is 15.8. The summed E-state index contributed by atoms with van der Waals surface area (Å²) < 4.78 is 4.84. The highest BCUT2D eigenvalue weighted by molar-refractivity contribution is 7.09. The third-order valence-corrected chi connectivity index (χ3v) is 4.55. The van der Waals surface area contributed by atoms with E-state index in [2.05, 4.69) is 15.3 Å². The Morgan fingerprint density at radius 3 is 2.59 bits per heavy atom. The summed E-state index contributed by atoms with van der Waals surface area (Å²) in [6, 6.07) is 0. The second-order valence-electron chi connectivity index (χ2n) is 5.34. The minimum atomic E-state index is -0.298. The number of aromatic nitrogens is 1. The van der Waals surface area contributed by atoms with Crippen molar-refractivity contribution in [2.24, 2.45) is 0 Å². The number of carbonyl (C=O) groups excluding carboxylic acids is 2. The standard InChI is InChI=1S/C15H23N3O3S/c1-3-21-15(20)5-4-14(19)18-8-6-17(7-9-18)10-13-16-12(2)11-22-13/h11H,3-10H2,1-2H3. The number of hydrogen-bond acceptors (Lipinski definition) is 6. The molecular weight excluding hydrogens is 302 g/mol. The molecule has 1 saturated heterocycles. The average Bonchev–Trinajstić information content (AvgIpc) is 2.91. The number of esters is 1. The Hall–Kier alpha value is -1.47. The van der Waals surface area contributed by atoms with Crippen LogP contribution in [-0.4, -0.2) is 59.4 Å². The first-order chi connectivity index (χ1) is 10.6. The molecule has 22 heavy (non-hydrogen) atoms. The highest BCUT2D eigenvalue weighted by Crippen LogP contribution is 2.13. The zero-order valence-electron chi connectivity index (χ0n) is 13.2. The molecule has 1 fully saturated rings. The van der Waals surface area contributed by atoms with Gasteiger partial charge in [0, 0.05) is 43.7 Å². The van der Waals surface area contributed by atoms with Gasteiger partial charge < -0.3 is 9.64 Å². The highest BCUT2D eigenvalue weighted by Gasteiger charge is 2.22. The highest BCUT2D eigenvalue weighted by atomic mass is 32.1. The van der Waals surface area contributed by atoms with Crippen LogP contribution in [0.1, 0.15) is 30.5 Å². The van der Waals surface area contributed by atoms with E-state index in [1.165, 1.54) is 0 Å². The maximum atomic E-state index is 12.1. The van der Waals surface area contributed by atoms with Crippen molar-refractivity contribution in [3.05, 3.63) is 16.1 Å². The van der Waals surface area contributed by atoms with Crippen molar-refractivity contribution < 1.29 is 14.3 Å². The fourth-order valence-electron chi connectivity index (χ4n) is 2.42. The molecule has 0 saturated carbocycles. The zero-order valence-corrected chi connectivity index (χ0v) is 14.0. The molecule has 1 aromatic heterocycles. The van der Waals surface area contributed by atoms with Gasteiger partial charge >= 0.3 is 5.97 Å². The molecule has 0 unspecified atom stereocenters. The minimum absolute atomic E-state index is 0.0396. The second kappa shape index (κ2) is 8.24. The summed E-state index contributed by atoms with van der Waals surface area (Å²) in [5.41, 5.74) is 1.06. The lowest BCUT2D eigenvalue weighted by molar-refractivity contribution is -0.146. The Labute approximate surface area is 135 Å². The van der Waals surface area contributed by atoms with Gasteiger partial charge in [0.25, 0.3) is 0 Å². The summed E-state index contributed by atoms with van der Waals surface area (Å²) in [5, 5.41) is 3.18. The van der Waals surface area contributed by atoms with Crippen molar-refractivity contribution in [3.8, 4) is 0 Å². The fourth-order valence-corrected chi connectivity index (χ4v) is 3.24. The number of ether oxygens (including phenoxy) is 1. The van der Waals surface area contributed by atoms with E-state index in [4.69, 9.17) is 4.74 Å². The Morgan fingerprint density at radius 1 is 1.27 bits per heavy atom. The molecule has 0 aromatic carbocycles. The van der Waals surface area contributed by atoms with Gasteiger partial charge in [0.1, 0.15) is 5.01 Å². The number of rotatable bonds is 6. The summed E-state index contributed by atoms with van der Waals surface area (Å²) in [6.45, 7) is 8.11. The van der Waals surface area contributed by atoms with Crippen LogP contribution in [0.3, 0.4) is 0 Å². The first-order valence-corrected chi connectivity index (χ1v) is 8.53. The van der Waals surface area contributed by atoms with E-state index in [1.807, 2.05) is 11.8 Å². The van der Waals surface area contributed by atoms with Crippen molar-refractivity contribution in [2.75, 3.05) is 32.8 Å². The van der Waals surface area contributed by atoms with E-state index < -0.39 is 0 Å². The number of hydrogen-bond donors (Lipinski definition) is 0. The van der Waals surface area contributed by atoms with Crippen molar-refractivity contribution >= 4 is 23.2 Å². The van der Waals surface area contributed by atoms with Crippen molar-refractivity contribution in [1.29, 1.82) is 0 Å². The second-order valence-corrected chi connectivity index (χ2v) is 6.29. The summed E-state index contributed by atoms with van der Waals surface area (Å²) >= 11 is 1.68. The molecule has 0 radical (unpaired) electrons. The van der Waals surface area contributed by atoms with Gasteiger partial charge in [-0.2, -0.15) is 0 Å². The molecular formula is C15H23N3O3S. The van der Waals surface area contributed by atoms with E-state index in [0.29, 0.717) is 19.7 Å². The molecule has 0 spiro atoms. The molecule has 0 N–H and O–H groups in total. The van der Waals surface area contributed by atoms with Gasteiger partial charge in [0.05, 0.1) is 19.6 Å². The monoisotopic (exact) mass is 325 g/mol. The molecule has 0 bridgehead atoms. The average molecular weight is 325 g/mol. The van der Waals surface area contributed by atoms with Gasteiger partial charge in [-0.1, -0.05) is 0 Å². The third-order valence-electron chi connectivity index (χ3n) is 3.60. The molecule has 6 nitrogen and oxygen atoms in total. The largest absolute Gasteiger partial charge is 0.466 e. The predicted octanol–water partition coefficient (Wildman–Crippen LogP) is 1.44. The maximum Gasteiger partial charge on any atom is 0.306 e. The smallest absolute Gasteiger partial charge is 0.306 e. The molecule has 1 amide bonds. The van der Waals surface area contributed by atoms with E-state index in [1.54, 1.807) is 18.3 Å². The lowest BCUT2D eigenvalue weighted by atomic mass is 10.2. The van der Waals surface area contributed by atoms with Crippen LogP contribution in [0.2, 0.25) is 0 Å². The summed E-state index contributed by atoms with van der Waals surface area (Å²) in [6.07, 6.45) is 0.412. The Kier molecular flexibility index (Phi) is 6.33. The summed E-state index contributed by atoms with van der Waals surface area (Å²) in [5.74, 6) is -0.258. The topological polar surface area (TPSA) is 62.7 Å². The van der Waals surface area contributed by atoms with E-state index in [0.717, 1.165) is 30.3 Å². The van der Waals surface area contributed by atoms with Gasteiger partial charge in [-0.25, -0.2) is 4.98 Å². The van der Waals surface area contributed by atoms with E-state index >= 15 is 0 Å². The lowest BCUT2D eigenvalue weighted by Gasteiger charge is -2.34. The van der Waals surface area contributed by atoms with Gasteiger partial charge in [-0.3, -0.25) is 14.5 Å². The maximum absolute atomic E-state index is 12.1. The number of piperazine rings is 1. The van der Waals surface area contributed by atoms with Crippen LogP contribution in [-0.2, 0) is 20.9 Å². The number of amides is 1. The molecule has 1 aromatic rings. The Morgan fingerprint density at radius 2 is 2.00 bits per heavy atom. The van der Waals surface area contributed by atoms with Crippen LogP contribution in [0.25, 0.3) is 0 Å². The van der Waals surface area contributed by atoms with Crippen LogP contribution < -0.4 is 0 Å². The minimum Gasteiger partial charge on any atom is -0.466 e. The quantitative estimate of drug-likeness (QED) is 0.741. The van der Waals surface area contributed by atoms with Crippen LogP contribution >= 0.6 is 11.3 Å². The SMILES string of the molecule is CCOC(=O)CCC(=O)N1CCN(Cc2nc(C)cs2)CC1. The van der Waals surface area contributed by atoms with Gasteiger partial charge in [0.2, 0.25) is 5.91 Å². The summed E-state index contributed by atoms with van der Waals surface area (Å²) in [7, 11) is 0. The van der Waals surface area contributed by atoms with E-state index in [-0.39, 0.29) is 24.7 Å². The van der Waals surface area contributed by atoms with Crippen LogP contribution in [0.15, 0.2) is 5.38 Å². The first-order valence-electron chi connectivity index (χ1n) is 7.65. The first kappa shape index (κ1) is 16.9. The molecule has 1 aliphatic rings. The van der Waals surface area contributed by atoms with Crippen LogP contribution in [0, 0.1) is 6.92 Å². The third kappa shape index (κ3) is 5.06. The predicted molar refractivity (Wildman–Crippen MR) is 84.6 cm³/mol. The molecule has 0 atom stereocenters. The number of aryl methyl sites for hydroxylation is 1. The molecule has 0 aliphatic carbocycles. The summed E-state index contributed by atoms with van der Waals surface area (Å²) in [4.78, 5) is 32.0. The molecule has 1 aliphatic heterocycles. The van der Waals surface area contributed by atoms with Crippen molar-refractivity contribution in [2.45, 2.75) is 33.2 Å². The molecule has 7 heteroatoms. The Balaban J connectivity index is 1.70. The molecule has 2 heterocycles. The van der Waals surface area contributed by atoms with Crippen molar-refractivity contribution in [1.82, 2.24) is 14.8 Å². The Bertz CT molecular complexity index is 510. The zero-order chi connectivity index (χ0) is 15.9. The van der Waals surface area contributed by atoms with Gasteiger partial charge in [-0.15, -0.1) is 11.3 Å². The van der Waals surface area contributed by atoms with Crippen LogP contribution in [0.5, 0.6) is 0 Å². The van der Waals surface area contributed by atoms with E-state index in [9.17, 15) is 9.59 Å². The van der Waals surface area contributed by atoms with Gasteiger partial charge in [0.15, 0.2) is 0 Å². The number of carbonyl (C=O) groups is 2.